The van der Waals surface area contributed by atoms with Gasteiger partial charge in [0.1, 0.15) is 0 Å². The molecule has 0 bridgehead atoms. The summed E-state index contributed by atoms with van der Waals surface area (Å²) in [6, 6.07) is 0. The average molecular weight is 230 g/mol. The third-order valence-corrected chi connectivity index (χ3v) is 1.06. The van der Waals surface area contributed by atoms with Crippen molar-refractivity contribution in [2.75, 3.05) is 0 Å². The quantitative estimate of drug-likeness (QED) is 0.457. The Hall–Kier alpha value is 0.468. The third-order valence-electron chi connectivity index (χ3n) is 0.203. The second kappa shape index (κ2) is 5.60. The van der Waals surface area contributed by atoms with E-state index in [0.717, 1.165) is 6.92 Å². The first kappa shape index (κ1) is 11.3. The number of carbonyl (C=O) groups is 1. The van der Waals surface area contributed by atoms with Crippen molar-refractivity contribution in [3.63, 3.8) is 0 Å². The Bertz CT molecular complexity index is 74.4. The van der Waals surface area contributed by atoms with Gasteiger partial charge < -0.3 is 0 Å². The fourth-order valence-electron chi connectivity index (χ4n) is 0.105. The molecule has 0 spiro atoms. The molecule has 0 heterocycles. The summed E-state index contributed by atoms with van der Waals surface area (Å²) in [6.07, 6.45) is 0. The normalized spacial score (nSPS) is 8.00. The van der Waals surface area contributed by atoms with E-state index >= 15 is 0 Å². The molecule has 0 aliphatic carbocycles. The van der Waals surface area contributed by atoms with E-state index < -0.39 is 21.6 Å². The molecule has 0 amide bonds. The van der Waals surface area contributed by atoms with Crippen molar-refractivity contribution in [2.24, 2.45) is 0 Å². The second-order valence-electron chi connectivity index (χ2n) is 0.806. The van der Waals surface area contributed by atoms with E-state index in [1.165, 1.54) is 0 Å². The zero-order chi connectivity index (χ0) is 5.86. The Kier molecular flexibility index (Phi) is 7.90. The zero-order valence-corrected chi connectivity index (χ0v) is 6.70. The van der Waals surface area contributed by atoms with E-state index in [-0.39, 0.29) is 17.1 Å². The summed E-state index contributed by atoms with van der Waals surface area (Å²) in [7, 11) is 0. The number of carbonyl (C=O) groups excluding carboxylic acids is 1. The first-order valence-electron chi connectivity index (χ1n) is 1.46. The summed E-state index contributed by atoms with van der Waals surface area (Å²) in [4.78, 5) is 9.67. The molecule has 6 heteroatoms. The van der Waals surface area contributed by atoms with Crippen LogP contribution in [0.2, 0.25) is 0 Å². The molecule has 0 aliphatic heterocycles. The van der Waals surface area contributed by atoms with E-state index in [4.69, 9.17) is 0 Å². The van der Waals surface area contributed by atoms with Crippen molar-refractivity contribution in [1.29, 1.82) is 0 Å². The van der Waals surface area contributed by atoms with Crippen LogP contribution < -0.4 is 8.19 Å². The average Bonchev–Trinajstić information content (AvgIpc) is 1.27. The van der Waals surface area contributed by atoms with Crippen LogP contribution in [-0.2, 0) is 25.6 Å². The van der Waals surface area contributed by atoms with Gasteiger partial charge in [-0.3, -0.25) is 0 Å². The molecule has 8 heavy (non-hydrogen) atoms. The summed E-state index contributed by atoms with van der Waals surface area (Å²) >= 11 is -3.63. The molecule has 0 atom stereocenters. The minimum Gasteiger partial charge on any atom is 2.00 e. The fourth-order valence-corrected chi connectivity index (χ4v) is 0.545. The zero-order valence-electron chi connectivity index (χ0n) is 3.88. The van der Waals surface area contributed by atoms with Gasteiger partial charge in [0.25, 0.3) is 0 Å². The van der Waals surface area contributed by atoms with Crippen LogP contribution in [0.3, 0.4) is 0 Å². The van der Waals surface area contributed by atoms with Crippen LogP contribution >= 0.6 is 0 Å². The summed E-state index contributed by atoms with van der Waals surface area (Å²) in [5.41, 5.74) is 0. The van der Waals surface area contributed by atoms with Gasteiger partial charge in [0.15, 0.2) is 0 Å². The van der Waals surface area contributed by atoms with Gasteiger partial charge in [-0.1, -0.05) is 0 Å². The molecule has 0 saturated heterocycles. The Balaban J connectivity index is 0. The Labute approximate surface area is 62.6 Å². The van der Waals surface area contributed by atoms with Crippen molar-refractivity contribution < 1.29 is 33.8 Å². The van der Waals surface area contributed by atoms with Crippen LogP contribution in [-0.4, -0.2) is 21.6 Å². The molecule has 0 aliphatic rings. The summed E-state index contributed by atoms with van der Waals surface area (Å²) in [5, 5.41) is 0. The molecule has 0 aromatic heterocycles. The van der Waals surface area contributed by atoms with E-state index in [1.807, 2.05) is 0 Å². The van der Waals surface area contributed by atoms with E-state index in [0.29, 0.717) is 0 Å². The molecule has 0 aromatic rings. The maximum absolute atomic E-state index is 9.67. The third kappa shape index (κ3) is 9.69. The van der Waals surface area contributed by atoms with Gasteiger partial charge in [0.2, 0.25) is 0 Å². The van der Waals surface area contributed by atoms with Gasteiger partial charge in [-0.25, -0.2) is 0 Å². The van der Waals surface area contributed by atoms with Crippen molar-refractivity contribution in [3.05, 3.63) is 0 Å². The van der Waals surface area contributed by atoms with Crippen molar-refractivity contribution in [3.8, 4) is 0 Å². The van der Waals surface area contributed by atoms with Crippen LogP contribution in [0.25, 0.3) is 0 Å². The van der Waals surface area contributed by atoms with Crippen LogP contribution in [0.15, 0.2) is 0 Å². The summed E-state index contributed by atoms with van der Waals surface area (Å²) in [5.74, 6) is -0.773. The molecule has 0 unspecified atom stereocenters. The molecular weight excluding hydrogens is 226 g/mol. The first-order chi connectivity index (χ1) is 3.13. The molecule has 1 radical (unpaired) electrons. The van der Waals surface area contributed by atoms with Crippen LogP contribution in [0, 0.1) is 0 Å². The van der Waals surface area contributed by atoms with Gasteiger partial charge in [-0.2, -0.15) is 0 Å². The van der Waals surface area contributed by atoms with E-state index in [9.17, 15) is 13.0 Å². The second-order valence-corrected chi connectivity index (χ2v) is 2.13. The summed E-state index contributed by atoms with van der Waals surface area (Å²) in [6.45, 7) is 1.04. The van der Waals surface area contributed by atoms with Gasteiger partial charge in [-0.15, -0.1) is 0 Å². The van der Waals surface area contributed by atoms with Crippen molar-refractivity contribution >= 4 is 21.6 Å². The van der Waals surface area contributed by atoms with Crippen LogP contribution in [0.1, 0.15) is 6.92 Å². The molecule has 0 N–H and O–H groups in total. The van der Waals surface area contributed by atoms with Gasteiger partial charge in [0, 0.05) is 0 Å². The maximum Gasteiger partial charge on any atom is 2.00 e. The minimum absolute atomic E-state index is 0. The fraction of sp³-hybridized carbons (Fsp3) is 0.500. The van der Waals surface area contributed by atoms with Crippen molar-refractivity contribution in [2.45, 2.75) is 6.92 Å². The molecule has 51 valence electrons. The standard InChI is InChI=1S/C2H3AsO4.Cu/c1-2(4)7-3(5)6;/h1H3;/q-2;+2. The molecule has 0 rings (SSSR count). The number of rotatable bonds is 1. The Morgan fingerprint density at radius 3 is 2.00 bits per heavy atom. The van der Waals surface area contributed by atoms with E-state index in [2.05, 4.69) is 3.73 Å². The molecule has 0 saturated carbocycles. The van der Waals surface area contributed by atoms with E-state index in [1.54, 1.807) is 0 Å². The Morgan fingerprint density at radius 2 is 2.00 bits per heavy atom. The van der Waals surface area contributed by atoms with Gasteiger partial charge >= 0.3 is 62.3 Å². The SMILES string of the molecule is CC(=O)O[As]([O-])[O-].[Cu+2]. The minimum atomic E-state index is -3.63. The van der Waals surface area contributed by atoms with Crippen LogP contribution in [0.4, 0.5) is 0 Å². The smallest absolute Gasteiger partial charge is 2.00 e. The molecule has 0 aromatic carbocycles. The molecule has 0 fully saturated rings. The van der Waals surface area contributed by atoms with Gasteiger partial charge in [-0.05, 0) is 0 Å². The topological polar surface area (TPSA) is 72.4 Å². The first-order valence-corrected chi connectivity index (χ1v) is 3.75. The van der Waals surface area contributed by atoms with Crippen molar-refractivity contribution in [1.82, 2.24) is 0 Å². The number of hydrogen-bond acceptors (Lipinski definition) is 4. The van der Waals surface area contributed by atoms with Gasteiger partial charge in [0.05, 0.1) is 0 Å². The molecule has 4 nitrogen and oxygen atoms in total. The molecular formula is C2H3AsCuO4. The monoisotopic (exact) mass is 229 g/mol. The van der Waals surface area contributed by atoms with Crippen LogP contribution in [0.5, 0.6) is 0 Å². The maximum atomic E-state index is 9.67. The Morgan fingerprint density at radius 1 is 1.62 bits per heavy atom. The summed E-state index contributed by atoms with van der Waals surface area (Å²) < 4.78 is 22.6. The predicted molar refractivity (Wildman–Crippen MR) is 17.5 cm³/mol. The number of hydrogen-bond donors (Lipinski definition) is 0. The largest absolute Gasteiger partial charge is 2.00 e. The predicted octanol–water partition coefficient (Wildman–Crippen LogP) is -2.75.